The number of rotatable bonds is 0. The van der Waals surface area contributed by atoms with E-state index in [4.69, 9.17) is 0 Å². The molecule has 1 radical (unpaired) electrons. The average molecular weight is 636 g/mol. The summed E-state index contributed by atoms with van der Waals surface area (Å²) >= 11 is 0. The SMILES string of the molecule is OC1CCC2C3NC4NC(NC5NC(NC6NC(NC(N3)C2C1O)C1CCCCC61)C1CCCCC51)C1CCCCC41.[V]. The fraction of sp³-hybridized carbons (Fsp3) is 1.00. The number of aliphatic hydroxyl groups excluding tert-OH is 2. The summed E-state index contributed by atoms with van der Waals surface area (Å²) in [5, 5.41) is 54.9. The van der Waals surface area contributed by atoms with Gasteiger partial charge in [-0.05, 0) is 92.8 Å². The summed E-state index contributed by atoms with van der Waals surface area (Å²) in [6.07, 6.45) is 17.9. The van der Waals surface area contributed by atoms with Crippen LogP contribution in [0.15, 0.2) is 0 Å². The molecule has 8 bridgehead atoms. The van der Waals surface area contributed by atoms with Crippen LogP contribution >= 0.6 is 0 Å². The first kappa shape index (κ1) is 30.5. The molecule has 0 amide bonds. The Morgan fingerprint density at radius 2 is 0.605 bits per heavy atom. The predicted octanol–water partition coefficient (Wildman–Crippen LogP) is 0.545. The molecule has 9 fully saturated rings. The molecule has 4 saturated carbocycles. The Morgan fingerprint density at radius 1 is 0.326 bits per heavy atom. The molecule has 43 heavy (non-hydrogen) atoms. The fourth-order valence-corrected chi connectivity index (χ4v) is 12.0. The van der Waals surface area contributed by atoms with Crippen LogP contribution in [0.5, 0.6) is 0 Å². The van der Waals surface area contributed by atoms with Gasteiger partial charge in [0.15, 0.2) is 0 Å². The van der Waals surface area contributed by atoms with Gasteiger partial charge in [0.1, 0.15) is 0 Å². The third kappa shape index (κ3) is 5.22. The molecule has 0 aromatic rings. The normalized spacial score (nSPS) is 57.6. The number of nitrogens with one attached hydrogen (secondary N) is 8. The van der Waals surface area contributed by atoms with Gasteiger partial charge in [0.2, 0.25) is 0 Å². The van der Waals surface area contributed by atoms with E-state index in [9.17, 15) is 10.2 Å². The van der Waals surface area contributed by atoms with Crippen molar-refractivity contribution in [2.75, 3.05) is 0 Å². The molecule has 0 spiro atoms. The van der Waals surface area contributed by atoms with Crippen LogP contribution in [-0.2, 0) is 18.6 Å². The van der Waals surface area contributed by atoms with Crippen molar-refractivity contribution in [2.24, 2.45) is 47.3 Å². The van der Waals surface area contributed by atoms with Gasteiger partial charge < -0.3 is 10.2 Å². The Kier molecular flexibility index (Phi) is 8.75. The zero-order valence-electron chi connectivity index (χ0n) is 25.6. The van der Waals surface area contributed by atoms with Crippen molar-refractivity contribution in [3.05, 3.63) is 0 Å². The molecule has 4 aliphatic carbocycles. The van der Waals surface area contributed by atoms with Crippen molar-refractivity contribution in [1.82, 2.24) is 42.5 Å². The first-order chi connectivity index (χ1) is 20.6. The standard InChI is InChI=1S/C32H56N8O2.V/c41-22-14-13-21-23(24(22)42)32-39-30-20-12-6-5-11-19(20)28(37-30)35-26-16-8-2-1-7-15(16)25(33-26)34-27-17-9-3-4-10-18(17)29(36-27)38-31(21)40-32;/h15-42H,1-14H2;. The van der Waals surface area contributed by atoms with Gasteiger partial charge in [-0.1, -0.05) is 38.5 Å². The maximum atomic E-state index is 11.4. The molecule has 10 nitrogen and oxygen atoms in total. The number of fused-ring (bicyclic) bond motifs is 20. The Bertz CT molecular complexity index is 995. The van der Waals surface area contributed by atoms with Crippen LogP contribution in [0.1, 0.15) is 89.9 Å². The van der Waals surface area contributed by atoms with Crippen molar-refractivity contribution >= 4 is 0 Å². The van der Waals surface area contributed by atoms with Gasteiger partial charge in [0.05, 0.1) is 61.5 Å². The van der Waals surface area contributed by atoms with Gasteiger partial charge in [0, 0.05) is 24.5 Å². The summed E-state index contributed by atoms with van der Waals surface area (Å²) in [7, 11) is 0. The van der Waals surface area contributed by atoms with E-state index in [1.54, 1.807) is 0 Å². The Labute approximate surface area is 269 Å². The van der Waals surface area contributed by atoms with E-state index in [2.05, 4.69) is 42.5 Å². The molecule has 0 aromatic heterocycles. The van der Waals surface area contributed by atoms with Crippen LogP contribution in [0.4, 0.5) is 0 Å². The van der Waals surface area contributed by atoms with E-state index in [0.717, 1.165) is 6.42 Å². The largest absolute Gasteiger partial charge is 0.390 e. The van der Waals surface area contributed by atoms with Crippen LogP contribution in [0.25, 0.3) is 0 Å². The van der Waals surface area contributed by atoms with E-state index in [0.29, 0.717) is 72.5 Å². The molecule has 5 saturated heterocycles. The van der Waals surface area contributed by atoms with Crippen molar-refractivity contribution in [2.45, 2.75) is 151 Å². The predicted molar refractivity (Wildman–Crippen MR) is 160 cm³/mol. The third-order valence-corrected chi connectivity index (χ3v) is 14.0. The van der Waals surface area contributed by atoms with Crippen LogP contribution in [0, 0.1) is 47.3 Å². The van der Waals surface area contributed by atoms with Gasteiger partial charge in [-0.2, -0.15) is 0 Å². The van der Waals surface area contributed by atoms with Crippen molar-refractivity contribution in [3.8, 4) is 0 Å². The van der Waals surface area contributed by atoms with Crippen LogP contribution in [0.3, 0.4) is 0 Å². The molecule has 9 rings (SSSR count). The Hall–Kier alpha value is 0.184. The Balaban J connectivity index is 0.00000278. The summed E-state index contributed by atoms with van der Waals surface area (Å²) in [6, 6.07) is 0. The molecule has 11 heteroatoms. The van der Waals surface area contributed by atoms with E-state index in [1.807, 2.05) is 0 Å². The molecular formula is C32H56N8O2V. The second-order valence-corrected chi connectivity index (χ2v) is 15.9. The second-order valence-electron chi connectivity index (χ2n) is 15.9. The van der Waals surface area contributed by atoms with Crippen LogP contribution < -0.4 is 42.5 Å². The minimum atomic E-state index is -0.698. The van der Waals surface area contributed by atoms with Gasteiger partial charge in [0.25, 0.3) is 0 Å². The third-order valence-electron chi connectivity index (χ3n) is 14.0. The topological polar surface area (TPSA) is 137 Å². The Morgan fingerprint density at radius 3 is 0.930 bits per heavy atom. The zero-order valence-corrected chi connectivity index (χ0v) is 27.0. The molecule has 5 aliphatic heterocycles. The maximum Gasteiger partial charge on any atom is 0.0858 e. The van der Waals surface area contributed by atoms with Crippen LogP contribution in [-0.4, -0.2) is 71.7 Å². The van der Waals surface area contributed by atoms with Crippen molar-refractivity contribution in [1.29, 1.82) is 0 Å². The second kappa shape index (κ2) is 12.3. The minimum Gasteiger partial charge on any atom is -0.390 e. The molecule has 9 aliphatic rings. The van der Waals surface area contributed by atoms with Crippen LogP contribution in [0.2, 0.25) is 0 Å². The van der Waals surface area contributed by atoms with E-state index in [-0.39, 0.29) is 49.1 Å². The van der Waals surface area contributed by atoms with Gasteiger partial charge in [-0.25, -0.2) is 0 Å². The molecule has 18 atom stereocenters. The molecule has 5 heterocycles. The van der Waals surface area contributed by atoms with Gasteiger partial charge >= 0.3 is 0 Å². The van der Waals surface area contributed by atoms with Crippen molar-refractivity contribution in [3.63, 3.8) is 0 Å². The van der Waals surface area contributed by atoms with E-state index in [1.165, 1.54) is 77.0 Å². The minimum absolute atomic E-state index is 0. The monoisotopic (exact) mass is 635 g/mol. The summed E-state index contributed by atoms with van der Waals surface area (Å²) in [4.78, 5) is 0. The first-order valence-electron chi connectivity index (χ1n) is 18.1. The molecule has 0 aromatic carbocycles. The summed E-state index contributed by atoms with van der Waals surface area (Å²) in [6.45, 7) is 0. The summed E-state index contributed by atoms with van der Waals surface area (Å²) in [5.41, 5.74) is 0. The number of hydrogen-bond acceptors (Lipinski definition) is 10. The average Bonchev–Trinajstić information content (AvgIpc) is 3.74. The van der Waals surface area contributed by atoms with Gasteiger partial charge in [-0.3, -0.25) is 42.5 Å². The number of hydrogen-bond donors (Lipinski definition) is 10. The summed E-state index contributed by atoms with van der Waals surface area (Å²) < 4.78 is 0. The van der Waals surface area contributed by atoms with E-state index < -0.39 is 12.2 Å². The molecular weight excluding hydrogens is 579 g/mol. The maximum absolute atomic E-state index is 11.4. The fourth-order valence-electron chi connectivity index (χ4n) is 12.0. The quantitative estimate of drug-likeness (QED) is 0.184. The molecule has 241 valence electrons. The molecule has 18 unspecified atom stereocenters. The zero-order chi connectivity index (χ0) is 27.9. The molecule has 10 N–H and O–H groups in total. The first-order valence-corrected chi connectivity index (χ1v) is 18.1. The van der Waals surface area contributed by atoms with Crippen molar-refractivity contribution < 1.29 is 28.8 Å². The van der Waals surface area contributed by atoms with E-state index >= 15 is 0 Å². The van der Waals surface area contributed by atoms with Gasteiger partial charge in [-0.15, -0.1) is 0 Å². The number of aliphatic hydroxyl groups is 2. The summed E-state index contributed by atoms with van der Waals surface area (Å²) in [5.74, 6) is 4.14. The smallest absolute Gasteiger partial charge is 0.0858 e.